The van der Waals surface area contributed by atoms with Crippen molar-refractivity contribution in [2.45, 2.75) is 17.4 Å². The van der Waals surface area contributed by atoms with Crippen molar-refractivity contribution in [1.29, 1.82) is 0 Å². The molecular formula is C19H15FN4O3S. The Kier molecular flexibility index (Phi) is 5.34. The van der Waals surface area contributed by atoms with E-state index in [-0.39, 0.29) is 5.82 Å². The zero-order valence-electron chi connectivity index (χ0n) is 14.8. The highest BCUT2D eigenvalue weighted by atomic mass is 32.2. The third kappa shape index (κ3) is 4.37. The standard InChI is InChI=1S/C19H15FN4O3S/c1-25-15-8-2-12(3-9-15)10-17-22-23-19(26-17)28-11-16-21-18(27-24-16)13-4-6-14(20)7-5-13/h2-9H,10-11H2,1H3. The van der Waals surface area contributed by atoms with Gasteiger partial charge in [0.1, 0.15) is 11.6 Å². The van der Waals surface area contributed by atoms with E-state index < -0.39 is 0 Å². The summed E-state index contributed by atoms with van der Waals surface area (Å²) in [7, 11) is 1.63. The number of aromatic nitrogens is 4. The number of benzene rings is 2. The third-order valence-electron chi connectivity index (χ3n) is 3.85. The minimum atomic E-state index is -0.319. The molecule has 0 radical (unpaired) electrons. The van der Waals surface area contributed by atoms with Crippen LogP contribution in [0.5, 0.6) is 5.75 Å². The summed E-state index contributed by atoms with van der Waals surface area (Å²) in [5, 5.41) is 12.4. The first-order valence-electron chi connectivity index (χ1n) is 8.36. The van der Waals surface area contributed by atoms with Gasteiger partial charge >= 0.3 is 0 Å². The second-order valence-corrected chi connectivity index (χ2v) is 6.72. The van der Waals surface area contributed by atoms with E-state index in [1.807, 2.05) is 24.3 Å². The van der Waals surface area contributed by atoms with Gasteiger partial charge in [0.2, 0.25) is 5.89 Å². The Balaban J connectivity index is 1.35. The van der Waals surface area contributed by atoms with E-state index in [2.05, 4.69) is 20.3 Å². The Morgan fingerprint density at radius 3 is 2.57 bits per heavy atom. The van der Waals surface area contributed by atoms with Crippen molar-refractivity contribution in [2.24, 2.45) is 0 Å². The molecule has 0 fully saturated rings. The Labute approximate surface area is 163 Å². The SMILES string of the molecule is COc1ccc(Cc2nnc(SCc3noc(-c4ccc(F)cc4)n3)o2)cc1. The van der Waals surface area contributed by atoms with E-state index in [4.69, 9.17) is 13.7 Å². The van der Waals surface area contributed by atoms with Crippen LogP contribution in [-0.4, -0.2) is 27.4 Å². The van der Waals surface area contributed by atoms with E-state index >= 15 is 0 Å². The highest BCUT2D eigenvalue weighted by molar-refractivity contribution is 7.98. The molecule has 0 atom stereocenters. The van der Waals surface area contributed by atoms with Crippen molar-refractivity contribution in [3.8, 4) is 17.2 Å². The maximum atomic E-state index is 13.0. The van der Waals surface area contributed by atoms with Gasteiger partial charge < -0.3 is 13.7 Å². The van der Waals surface area contributed by atoms with Crippen molar-refractivity contribution in [3.63, 3.8) is 0 Å². The zero-order chi connectivity index (χ0) is 19.3. The number of methoxy groups -OCH3 is 1. The van der Waals surface area contributed by atoms with Gasteiger partial charge in [0.25, 0.3) is 11.1 Å². The van der Waals surface area contributed by atoms with Gasteiger partial charge in [-0.25, -0.2) is 4.39 Å². The Morgan fingerprint density at radius 1 is 1.04 bits per heavy atom. The fourth-order valence-corrected chi connectivity index (χ4v) is 3.06. The first-order chi connectivity index (χ1) is 13.7. The molecule has 9 heteroatoms. The normalized spacial score (nSPS) is 10.9. The first kappa shape index (κ1) is 18.2. The molecule has 0 aliphatic rings. The fourth-order valence-electron chi connectivity index (χ4n) is 2.43. The van der Waals surface area contributed by atoms with Gasteiger partial charge in [-0.3, -0.25) is 0 Å². The summed E-state index contributed by atoms with van der Waals surface area (Å²) in [6.45, 7) is 0. The maximum Gasteiger partial charge on any atom is 0.277 e. The highest BCUT2D eigenvalue weighted by Crippen LogP contribution is 2.23. The monoisotopic (exact) mass is 398 g/mol. The van der Waals surface area contributed by atoms with Crippen LogP contribution < -0.4 is 4.74 Å². The summed E-state index contributed by atoms with van der Waals surface area (Å²) >= 11 is 1.32. The number of halogens is 1. The lowest BCUT2D eigenvalue weighted by Crippen LogP contribution is -1.89. The molecule has 0 saturated heterocycles. The molecule has 0 aliphatic heterocycles. The average molecular weight is 398 g/mol. The third-order valence-corrected chi connectivity index (χ3v) is 4.66. The van der Waals surface area contributed by atoms with E-state index in [0.29, 0.717) is 40.6 Å². The van der Waals surface area contributed by atoms with Crippen LogP contribution in [-0.2, 0) is 12.2 Å². The van der Waals surface area contributed by atoms with Gasteiger partial charge in [-0.15, -0.1) is 10.2 Å². The van der Waals surface area contributed by atoms with Crippen molar-refractivity contribution in [2.75, 3.05) is 7.11 Å². The topological polar surface area (TPSA) is 87.1 Å². The highest BCUT2D eigenvalue weighted by Gasteiger charge is 2.12. The molecule has 2 aromatic carbocycles. The Morgan fingerprint density at radius 2 is 1.82 bits per heavy atom. The second kappa shape index (κ2) is 8.22. The lowest BCUT2D eigenvalue weighted by atomic mass is 10.1. The zero-order valence-corrected chi connectivity index (χ0v) is 15.6. The van der Waals surface area contributed by atoms with Crippen molar-refractivity contribution < 1.29 is 18.1 Å². The Hall–Kier alpha value is -3.20. The minimum Gasteiger partial charge on any atom is -0.497 e. The van der Waals surface area contributed by atoms with Crippen molar-refractivity contribution in [3.05, 3.63) is 71.6 Å². The van der Waals surface area contributed by atoms with E-state index in [9.17, 15) is 4.39 Å². The first-order valence-corrected chi connectivity index (χ1v) is 9.35. The molecule has 2 aromatic heterocycles. The molecule has 0 saturated carbocycles. The molecular weight excluding hydrogens is 383 g/mol. The molecule has 0 N–H and O–H groups in total. The van der Waals surface area contributed by atoms with Gasteiger partial charge in [0, 0.05) is 5.56 Å². The molecule has 4 aromatic rings. The van der Waals surface area contributed by atoms with Gasteiger partial charge in [0.15, 0.2) is 5.82 Å². The number of hydrogen-bond acceptors (Lipinski definition) is 8. The summed E-state index contributed by atoms with van der Waals surface area (Å²) < 4.78 is 29.0. The summed E-state index contributed by atoms with van der Waals surface area (Å²) in [4.78, 5) is 4.29. The van der Waals surface area contributed by atoms with E-state index in [0.717, 1.165) is 11.3 Å². The molecule has 28 heavy (non-hydrogen) atoms. The van der Waals surface area contributed by atoms with Crippen LogP contribution in [0.1, 0.15) is 17.3 Å². The molecule has 0 unspecified atom stereocenters. The fraction of sp³-hybridized carbons (Fsp3) is 0.158. The second-order valence-electron chi connectivity index (χ2n) is 5.80. The molecule has 7 nitrogen and oxygen atoms in total. The van der Waals surface area contributed by atoms with Gasteiger partial charge in [-0.1, -0.05) is 29.1 Å². The molecule has 0 aliphatic carbocycles. The van der Waals surface area contributed by atoms with Crippen LogP contribution in [0.15, 0.2) is 62.7 Å². The average Bonchev–Trinajstić information content (AvgIpc) is 3.37. The van der Waals surface area contributed by atoms with Crippen LogP contribution in [0, 0.1) is 5.82 Å². The van der Waals surface area contributed by atoms with E-state index in [1.165, 1.54) is 23.9 Å². The smallest absolute Gasteiger partial charge is 0.277 e. The van der Waals surface area contributed by atoms with Gasteiger partial charge in [0.05, 0.1) is 19.3 Å². The van der Waals surface area contributed by atoms with Crippen LogP contribution in [0.25, 0.3) is 11.5 Å². The molecule has 4 rings (SSSR count). The number of rotatable bonds is 7. The van der Waals surface area contributed by atoms with Crippen molar-refractivity contribution in [1.82, 2.24) is 20.3 Å². The predicted molar refractivity (Wildman–Crippen MR) is 99.4 cm³/mol. The summed E-state index contributed by atoms with van der Waals surface area (Å²) in [5.41, 5.74) is 1.70. The van der Waals surface area contributed by atoms with Gasteiger partial charge in [-0.2, -0.15) is 4.98 Å². The summed E-state index contributed by atoms with van der Waals surface area (Å²) in [5.74, 6) is 2.23. The van der Waals surface area contributed by atoms with Crippen molar-refractivity contribution >= 4 is 11.8 Å². The number of nitrogens with zero attached hydrogens (tertiary/aromatic N) is 4. The quantitative estimate of drug-likeness (QED) is 0.429. The largest absolute Gasteiger partial charge is 0.497 e. The summed E-state index contributed by atoms with van der Waals surface area (Å²) in [6, 6.07) is 13.5. The van der Waals surface area contributed by atoms with Crippen LogP contribution in [0.3, 0.4) is 0 Å². The van der Waals surface area contributed by atoms with Gasteiger partial charge in [-0.05, 0) is 42.0 Å². The molecule has 142 valence electrons. The van der Waals surface area contributed by atoms with Crippen LogP contribution >= 0.6 is 11.8 Å². The minimum absolute atomic E-state index is 0.319. The van der Waals surface area contributed by atoms with E-state index in [1.54, 1.807) is 19.2 Å². The molecule has 0 bridgehead atoms. The molecule has 0 amide bonds. The summed E-state index contributed by atoms with van der Waals surface area (Å²) in [6.07, 6.45) is 0.536. The maximum absolute atomic E-state index is 13.0. The Bertz CT molecular complexity index is 1050. The van der Waals surface area contributed by atoms with Crippen LogP contribution in [0.4, 0.5) is 4.39 Å². The lowest BCUT2D eigenvalue weighted by Gasteiger charge is -2.00. The number of ether oxygens (including phenoxy) is 1. The molecule has 2 heterocycles. The molecule has 0 spiro atoms. The van der Waals surface area contributed by atoms with Crippen LogP contribution in [0.2, 0.25) is 0 Å². The predicted octanol–water partition coefficient (Wildman–Crippen LogP) is 4.15. The lowest BCUT2D eigenvalue weighted by molar-refractivity contribution is 0.413. The number of thioether (sulfide) groups is 1. The number of hydrogen-bond donors (Lipinski definition) is 0.